The SMILES string of the molecule is O=C1C=CC(O)(C[13CH2]O[C@@H]2O[C@H](CO)[C@@H](O)[C@H](O)[C@H]2O)CC1. The lowest BCUT2D eigenvalue weighted by atomic mass is 9.90. The Morgan fingerprint density at radius 3 is 2.59 bits per heavy atom. The van der Waals surface area contributed by atoms with Crippen molar-refractivity contribution in [2.45, 2.75) is 55.6 Å². The van der Waals surface area contributed by atoms with Crippen molar-refractivity contribution in [2.75, 3.05) is 13.2 Å². The minimum absolute atomic E-state index is 0.0116. The Kier molecular flexibility index (Phi) is 5.67. The molecule has 0 spiro atoms. The Morgan fingerprint density at radius 2 is 2.00 bits per heavy atom. The molecule has 5 N–H and O–H groups in total. The largest absolute Gasteiger partial charge is 0.394 e. The van der Waals surface area contributed by atoms with E-state index in [1.54, 1.807) is 0 Å². The summed E-state index contributed by atoms with van der Waals surface area (Å²) < 4.78 is 10.5. The number of ketones is 1. The predicted molar refractivity (Wildman–Crippen MR) is 72.7 cm³/mol. The highest BCUT2D eigenvalue weighted by molar-refractivity contribution is 5.90. The molecule has 1 aliphatic carbocycles. The molecule has 0 aromatic carbocycles. The molecule has 0 bridgehead atoms. The lowest BCUT2D eigenvalue weighted by Gasteiger charge is -2.40. The van der Waals surface area contributed by atoms with E-state index >= 15 is 0 Å². The number of hydrogen-bond acceptors (Lipinski definition) is 8. The second kappa shape index (κ2) is 7.14. The van der Waals surface area contributed by atoms with Gasteiger partial charge in [-0.15, -0.1) is 0 Å². The van der Waals surface area contributed by atoms with Crippen LogP contribution in [0.25, 0.3) is 0 Å². The molecule has 0 amide bonds. The summed E-state index contributed by atoms with van der Waals surface area (Å²) in [4.78, 5) is 11.1. The van der Waals surface area contributed by atoms with Gasteiger partial charge in [0.05, 0.1) is 18.8 Å². The van der Waals surface area contributed by atoms with Crippen molar-refractivity contribution < 1.29 is 39.8 Å². The van der Waals surface area contributed by atoms with E-state index < -0.39 is 42.9 Å². The van der Waals surface area contributed by atoms with Crippen molar-refractivity contribution in [1.29, 1.82) is 0 Å². The van der Waals surface area contributed by atoms with Gasteiger partial charge in [-0.25, -0.2) is 0 Å². The Bertz CT molecular complexity index is 423. The van der Waals surface area contributed by atoms with Crippen LogP contribution in [-0.4, -0.2) is 80.8 Å². The molecular formula is C14H22O8. The van der Waals surface area contributed by atoms with Crippen molar-refractivity contribution in [3.8, 4) is 0 Å². The summed E-state index contributed by atoms with van der Waals surface area (Å²) in [6.07, 6.45) is -3.14. The number of aliphatic hydroxyl groups excluding tert-OH is 4. The summed E-state index contributed by atoms with van der Waals surface area (Å²) in [5.74, 6) is -0.0421. The Morgan fingerprint density at radius 1 is 1.27 bits per heavy atom. The normalized spacial score (nSPS) is 42.6. The molecule has 0 radical (unpaired) electrons. The quantitative estimate of drug-likeness (QED) is 0.362. The molecule has 22 heavy (non-hydrogen) atoms. The zero-order valence-electron chi connectivity index (χ0n) is 12.0. The number of carbonyl (C=O) groups is 1. The number of carbonyl (C=O) groups excluding carboxylic acids is 1. The first kappa shape index (κ1) is 17.5. The van der Waals surface area contributed by atoms with Crippen LogP contribution in [0.15, 0.2) is 12.2 Å². The second-order valence-corrected chi connectivity index (χ2v) is 5.72. The van der Waals surface area contributed by atoms with Crippen LogP contribution in [-0.2, 0) is 14.3 Å². The van der Waals surface area contributed by atoms with Crippen LogP contribution < -0.4 is 0 Å². The monoisotopic (exact) mass is 319 g/mol. The molecule has 1 heterocycles. The average molecular weight is 319 g/mol. The lowest BCUT2D eigenvalue weighted by molar-refractivity contribution is -0.302. The van der Waals surface area contributed by atoms with E-state index in [0.717, 1.165) is 0 Å². The molecule has 0 saturated carbocycles. The van der Waals surface area contributed by atoms with E-state index in [9.17, 15) is 25.2 Å². The van der Waals surface area contributed by atoms with E-state index in [-0.39, 0.29) is 25.2 Å². The first-order valence-electron chi connectivity index (χ1n) is 7.23. The molecular weight excluding hydrogens is 297 g/mol. The van der Waals surface area contributed by atoms with Gasteiger partial charge in [0, 0.05) is 12.8 Å². The van der Waals surface area contributed by atoms with Crippen molar-refractivity contribution in [3.05, 3.63) is 12.2 Å². The van der Waals surface area contributed by atoms with Gasteiger partial charge in [-0.2, -0.15) is 0 Å². The van der Waals surface area contributed by atoms with E-state index in [0.29, 0.717) is 6.42 Å². The molecule has 1 fully saturated rings. The zero-order chi connectivity index (χ0) is 16.3. The highest BCUT2D eigenvalue weighted by Gasteiger charge is 2.44. The lowest BCUT2D eigenvalue weighted by Crippen LogP contribution is -2.59. The molecule has 2 aliphatic rings. The predicted octanol–water partition coefficient (Wildman–Crippen LogP) is -2.16. The summed E-state index contributed by atoms with van der Waals surface area (Å²) in [5, 5.41) is 48.3. The standard InChI is InChI=1S/C14H22O8/c15-7-9-10(17)11(18)12(19)13(22-9)21-6-5-14(20)3-1-8(16)2-4-14/h1,3,9-13,15,17-20H,2,4-7H2/t9-,10-,11+,12-,13-,14?/m1/s1/i6+1. The van der Waals surface area contributed by atoms with Crippen LogP contribution >= 0.6 is 0 Å². The molecule has 2 rings (SSSR count). The smallest absolute Gasteiger partial charge is 0.186 e. The number of allylic oxidation sites excluding steroid dienone is 1. The minimum Gasteiger partial charge on any atom is -0.394 e. The van der Waals surface area contributed by atoms with E-state index in [2.05, 4.69) is 0 Å². The van der Waals surface area contributed by atoms with Gasteiger partial charge in [0.15, 0.2) is 12.1 Å². The summed E-state index contributed by atoms with van der Waals surface area (Å²) in [6.45, 7) is -0.517. The number of ether oxygens (including phenoxy) is 2. The summed E-state index contributed by atoms with van der Waals surface area (Å²) in [7, 11) is 0. The molecule has 1 aliphatic heterocycles. The third-order valence-electron chi connectivity index (χ3n) is 4.05. The second-order valence-electron chi connectivity index (χ2n) is 5.72. The third-order valence-corrected chi connectivity index (χ3v) is 4.05. The number of aliphatic hydroxyl groups is 5. The first-order chi connectivity index (χ1) is 10.4. The highest BCUT2D eigenvalue weighted by atomic mass is 16.7. The molecule has 0 aromatic rings. The van der Waals surface area contributed by atoms with Gasteiger partial charge in [0.2, 0.25) is 0 Å². The fourth-order valence-corrected chi connectivity index (χ4v) is 2.52. The fraction of sp³-hybridized carbons (Fsp3) is 0.786. The van der Waals surface area contributed by atoms with Crippen LogP contribution in [0, 0.1) is 0 Å². The van der Waals surface area contributed by atoms with Crippen molar-refractivity contribution in [1.82, 2.24) is 0 Å². The van der Waals surface area contributed by atoms with E-state index in [1.807, 2.05) is 0 Å². The first-order valence-corrected chi connectivity index (χ1v) is 7.23. The van der Waals surface area contributed by atoms with Crippen molar-refractivity contribution >= 4 is 5.78 Å². The Labute approximate surface area is 127 Å². The highest BCUT2D eigenvalue weighted by Crippen LogP contribution is 2.26. The zero-order valence-corrected chi connectivity index (χ0v) is 12.0. The van der Waals surface area contributed by atoms with Gasteiger partial charge < -0.3 is 35.0 Å². The maximum absolute atomic E-state index is 11.1. The third kappa shape index (κ3) is 3.90. The minimum atomic E-state index is -1.49. The molecule has 8 heteroatoms. The van der Waals surface area contributed by atoms with Crippen LogP contribution in [0.5, 0.6) is 0 Å². The molecule has 0 aromatic heterocycles. The molecule has 126 valence electrons. The maximum Gasteiger partial charge on any atom is 0.186 e. The fourth-order valence-electron chi connectivity index (χ4n) is 2.52. The van der Waals surface area contributed by atoms with Gasteiger partial charge in [0.1, 0.15) is 24.4 Å². The Hall–Kier alpha value is -0.870. The van der Waals surface area contributed by atoms with Crippen LogP contribution in [0.2, 0.25) is 0 Å². The molecule has 6 atom stereocenters. The van der Waals surface area contributed by atoms with Crippen molar-refractivity contribution in [2.24, 2.45) is 0 Å². The average Bonchev–Trinajstić information content (AvgIpc) is 2.50. The number of hydrogen-bond donors (Lipinski definition) is 5. The van der Waals surface area contributed by atoms with Gasteiger partial charge in [-0.3, -0.25) is 4.79 Å². The number of rotatable bonds is 5. The van der Waals surface area contributed by atoms with Gasteiger partial charge in [0.25, 0.3) is 0 Å². The summed E-state index contributed by atoms with van der Waals surface area (Å²) in [6, 6.07) is 0. The van der Waals surface area contributed by atoms with Gasteiger partial charge in [-0.1, -0.05) is 0 Å². The van der Waals surface area contributed by atoms with E-state index in [4.69, 9.17) is 14.6 Å². The molecule has 1 unspecified atom stereocenters. The summed E-state index contributed by atoms with van der Waals surface area (Å²) >= 11 is 0. The maximum atomic E-state index is 11.1. The van der Waals surface area contributed by atoms with Crippen LogP contribution in [0.4, 0.5) is 0 Å². The van der Waals surface area contributed by atoms with Crippen LogP contribution in [0.3, 0.4) is 0 Å². The van der Waals surface area contributed by atoms with Crippen LogP contribution in [0.1, 0.15) is 19.3 Å². The van der Waals surface area contributed by atoms with Gasteiger partial charge >= 0.3 is 0 Å². The molecule has 1 saturated heterocycles. The Balaban J connectivity index is 1.85. The van der Waals surface area contributed by atoms with Gasteiger partial charge in [-0.05, 0) is 18.6 Å². The topological polar surface area (TPSA) is 137 Å². The molecule has 8 nitrogen and oxygen atoms in total. The van der Waals surface area contributed by atoms with E-state index in [1.165, 1.54) is 12.2 Å². The summed E-state index contributed by atoms with van der Waals surface area (Å²) in [5.41, 5.74) is -1.15. The van der Waals surface area contributed by atoms with Crippen molar-refractivity contribution in [3.63, 3.8) is 0 Å².